The summed E-state index contributed by atoms with van der Waals surface area (Å²) in [5.74, 6) is -1.36. The molecule has 1 aliphatic rings. The van der Waals surface area contributed by atoms with Crippen LogP contribution in [0, 0.1) is 0 Å². The van der Waals surface area contributed by atoms with Crippen LogP contribution < -0.4 is 4.74 Å². The molecule has 4 atom stereocenters. The Morgan fingerprint density at radius 3 is 2.12 bits per heavy atom. The molecule has 33 heavy (non-hydrogen) atoms. The SMILES string of the molecule is CCCCOC[C@H]1OC(O)(c2cnc(OCCCC)cn2)C(OCCCC)[C@H]1OCCCC. The average molecular weight is 469 g/mol. The molecule has 2 rings (SSSR count). The highest BCUT2D eigenvalue weighted by Gasteiger charge is 2.58. The predicted octanol–water partition coefficient (Wildman–Crippen LogP) is 4.39. The first-order valence-electron chi connectivity index (χ1n) is 12.8. The number of nitrogens with zero attached hydrogens (tertiary/aromatic N) is 2. The van der Waals surface area contributed by atoms with E-state index < -0.39 is 24.1 Å². The van der Waals surface area contributed by atoms with Gasteiger partial charge in [-0.2, -0.15) is 0 Å². The first-order chi connectivity index (χ1) is 16.1. The molecule has 1 fully saturated rings. The van der Waals surface area contributed by atoms with Gasteiger partial charge in [-0.3, -0.25) is 0 Å². The minimum Gasteiger partial charge on any atom is -0.477 e. The molecule has 2 heterocycles. The van der Waals surface area contributed by atoms with Crippen molar-refractivity contribution in [3.8, 4) is 5.88 Å². The van der Waals surface area contributed by atoms with Crippen LogP contribution in [0.3, 0.4) is 0 Å². The van der Waals surface area contributed by atoms with E-state index >= 15 is 0 Å². The first kappa shape index (κ1) is 27.9. The van der Waals surface area contributed by atoms with Crippen molar-refractivity contribution in [2.75, 3.05) is 33.0 Å². The van der Waals surface area contributed by atoms with Crippen LogP contribution in [0.15, 0.2) is 12.4 Å². The zero-order chi connectivity index (χ0) is 23.9. The summed E-state index contributed by atoms with van der Waals surface area (Å²) in [6.45, 7) is 11.0. The average Bonchev–Trinajstić information content (AvgIpc) is 3.09. The highest BCUT2D eigenvalue weighted by molar-refractivity contribution is 5.16. The summed E-state index contributed by atoms with van der Waals surface area (Å²) in [5, 5.41) is 11.7. The molecule has 1 N–H and O–H groups in total. The van der Waals surface area contributed by atoms with Gasteiger partial charge in [0, 0.05) is 19.8 Å². The van der Waals surface area contributed by atoms with E-state index in [9.17, 15) is 5.11 Å². The van der Waals surface area contributed by atoms with Crippen molar-refractivity contribution in [1.82, 2.24) is 9.97 Å². The van der Waals surface area contributed by atoms with Crippen LogP contribution in [0.5, 0.6) is 5.88 Å². The standard InChI is InChI=1S/C25H44N2O6/c1-5-9-13-29-19-20-23(31-15-11-7-3)24(32-16-12-8-4)25(28,33-20)21-17-27-22(18-26-21)30-14-10-6-2/h17-18,20,23-24,28H,5-16,19H2,1-4H3/t20-,23+,24?,25?/m1/s1. The zero-order valence-corrected chi connectivity index (χ0v) is 21.0. The second kappa shape index (κ2) is 15.6. The van der Waals surface area contributed by atoms with Crippen LogP contribution >= 0.6 is 0 Å². The smallest absolute Gasteiger partial charge is 0.241 e. The molecule has 0 radical (unpaired) electrons. The lowest BCUT2D eigenvalue weighted by Crippen LogP contribution is -2.45. The lowest BCUT2D eigenvalue weighted by molar-refractivity contribution is -0.253. The molecule has 8 nitrogen and oxygen atoms in total. The Labute approximate surface area is 199 Å². The molecule has 190 valence electrons. The number of rotatable bonds is 18. The summed E-state index contributed by atoms with van der Waals surface area (Å²) in [6, 6.07) is 0. The van der Waals surface area contributed by atoms with E-state index in [2.05, 4.69) is 37.7 Å². The van der Waals surface area contributed by atoms with Crippen molar-refractivity contribution in [2.45, 2.75) is 103 Å². The lowest BCUT2D eigenvalue weighted by atomic mass is 10.0. The van der Waals surface area contributed by atoms with Crippen molar-refractivity contribution < 1.29 is 28.8 Å². The summed E-state index contributed by atoms with van der Waals surface area (Å²) in [7, 11) is 0. The second-order valence-corrected chi connectivity index (χ2v) is 8.56. The van der Waals surface area contributed by atoms with Crippen molar-refractivity contribution in [3.05, 3.63) is 18.1 Å². The van der Waals surface area contributed by atoms with Crippen molar-refractivity contribution in [3.63, 3.8) is 0 Å². The Morgan fingerprint density at radius 2 is 1.48 bits per heavy atom. The molecule has 0 aliphatic carbocycles. The summed E-state index contributed by atoms with van der Waals surface area (Å²) in [6.07, 6.45) is 9.15. The van der Waals surface area contributed by atoms with E-state index in [1.165, 1.54) is 12.4 Å². The van der Waals surface area contributed by atoms with E-state index in [0.29, 0.717) is 38.9 Å². The largest absolute Gasteiger partial charge is 0.477 e. The number of aromatic nitrogens is 2. The van der Waals surface area contributed by atoms with Gasteiger partial charge in [-0.1, -0.05) is 53.4 Å². The molecule has 2 unspecified atom stereocenters. The third kappa shape index (κ3) is 8.44. The summed E-state index contributed by atoms with van der Waals surface area (Å²) in [5.41, 5.74) is 0.284. The van der Waals surface area contributed by atoms with Crippen LogP contribution in [0.4, 0.5) is 0 Å². The summed E-state index contributed by atoms with van der Waals surface area (Å²) in [4.78, 5) is 8.76. The van der Waals surface area contributed by atoms with E-state index in [1.807, 2.05) is 0 Å². The monoisotopic (exact) mass is 468 g/mol. The van der Waals surface area contributed by atoms with Gasteiger partial charge < -0.3 is 28.8 Å². The van der Waals surface area contributed by atoms with Crippen LogP contribution in [-0.2, 0) is 24.7 Å². The number of ether oxygens (including phenoxy) is 5. The van der Waals surface area contributed by atoms with Gasteiger partial charge in [0.1, 0.15) is 24.0 Å². The second-order valence-electron chi connectivity index (χ2n) is 8.56. The summed E-state index contributed by atoms with van der Waals surface area (Å²) < 4.78 is 30.0. The molecule has 8 heteroatoms. The Balaban J connectivity index is 2.22. The highest BCUT2D eigenvalue weighted by Crippen LogP contribution is 2.40. The van der Waals surface area contributed by atoms with Crippen molar-refractivity contribution in [2.24, 2.45) is 0 Å². The van der Waals surface area contributed by atoms with Crippen LogP contribution in [0.2, 0.25) is 0 Å². The highest BCUT2D eigenvalue weighted by atomic mass is 16.7. The van der Waals surface area contributed by atoms with E-state index in [4.69, 9.17) is 23.7 Å². The number of hydrogen-bond donors (Lipinski definition) is 1. The topological polar surface area (TPSA) is 92.2 Å². The molecule has 0 aromatic carbocycles. The molecule has 0 amide bonds. The van der Waals surface area contributed by atoms with Gasteiger partial charge in [0.15, 0.2) is 0 Å². The molecule has 0 spiro atoms. The van der Waals surface area contributed by atoms with E-state index in [0.717, 1.165) is 51.4 Å². The fraction of sp³-hybridized carbons (Fsp3) is 0.840. The van der Waals surface area contributed by atoms with E-state index in [-0.39, 0.29) is 5.69 Å². The Morgan fingerprint density at radius 1 is 0.848 bits per heavy atom. The maximum atomic E-state index is 11.7. The van der Waals surface area contributed by atoms with Crippen LogP contribution in [0.1, 0.15) is 84.8 Å². The number of hydrogen-bond acceptors (Lipinski definition) is 8. The van der Waals surface area contributed by atoms with Gasteiger partial charge in [0.25, 0.3) is 0 Å². The van der Waals surface area contributed by atoms with Gasteiger partial charge in [0.2, 0.25) is 11.7 Å². The Kier molecular flexibility index (Phi) is 13.2. The number of aliphatic hydroxyl groups is 1. The lowest BCUT2D eigenvalue weighted by Gasteiger charge is -2.29. The normalized spacial score (nSPS) is 24.9. The minimum absolute atomic E-state index is 0.284. The van der Waals surface area contributed by atoms with Gasteiger partial charge in [-0.25, -0.2) is 9.97 Å². The number of unbranched alkanes of at least 4 members (excludes halogenated alkanes) is 4. The van der Waals surface area contributed by atoms with Gasteiger partial charge >= 0.3 is 0 Å². The Bertz CT molecular complexity index is 632. The maximum Gasteiger partial charge on any atom is 0.241 e. The van der Waals surface area contributed by atoms with Gasteiger partial charge in [-0.05, 0) is 25.7 Å². The molecular weight excluding hydrogens is 424 g/mol. The van der Waals surface area contributed by atoms with Crippen LogP contribution in [-0.4, -0.2) is 66.4 Å². The zero-order valence-electron chi connectivity index (χ0n) is 21.0. The molecule has 1 aromatic heterocycles. The fourth-order valence-electron chi connectivity index (χ4n) is 3.58. The first-order valence-corrected chi connectivity index (χ1v) is 12.8. The summed E-state index contributed by atoms with van der Waals surface area (Å²) >= 11 is 0. The quantitative estimate of drug-likeness (QED) is 0.317. The molecule has 0 bridgehead atoms. The maximum absolute atomic E-state index is 11.7. The fourth-order valence-corrected chi connectivity index (χ4v) is 3.58. The van der Waals surface area contributed by atoms with Crippen molar-refractivity contribution >= 4 is 0 Å². The molecule has 1 saturated heterocycles. The van der Waals surface area contributed by atoms with Crippen LogP contribution in [0.25, 0.3) is 0 Å². The molecular formula is C25H44N2O6. The molecule has 1 aromatic rings. The molecule has 0 saturated carbocycles. The predicted molar refractivity (Wildman–Crippen MR) is 126 cm³/mol. The third-order valence-corrected chi connectivity index (χ3v) is 5.65. The van der Waals surface area contributed by atoms with Crippen molar-refractivity contribution in [1.29, 1.82) is 0 Å². The molecule has 1 aliphatic heterocycles. The van der Waals surface area contributed by atoms with E-state index in [1.54, 1.807) is 0 Å². The third-order valence-electron chi connectivity index (χ3n) is 5.65. The minimum atomic E-state index is -1.78. The van der Waals surface area contributed by atoms with Gasteiger partial charge in [0.05, 0.1) is 25.6 Å². The van der Waals surface area contributed by atoms with Gasteiger partial charge in [-0.15, -0.1) is 0 Å². The Hall–Kier alpha value is -1.32.